The second-order valence-electron chi connectivity index (χ2n) is 5.08. The molecule has 7 nitrogen and oxygen atoms in total. The summed E-state index contributed by atoms with van der Waals surface area (Å²) < 4.78 is 7.20. The van der Waals surface area contributed by atoms with E-state index in [2.05, 4.69) is 10.3 Å². The summed E-state index contributed by atoms with van der Waals surface area (Å²) in [6.45, 7) is 0.723. The Morgan fingerprint density at radius 2 is 2.04 bits per heavy atom. The number of hydrogen-bond donors (Lipinski definition) is 0. The van der Waals surface area contributed by atoms with Crippen LogP contribution >= 0.6 is 11.6 Å². The number of nitrogens with zero attached hydrogens (tertiary/aromatic N) is 4. The molecule has 0 aliphatic heterocycles. The molecule has 0 N–H and O–H groups in total. The summed E-state index contributed by atoms with van der Waals surface area (Å²) in [7, 11) is 0. The molecule has 24 heavy (non-hydrogen) atoms. The molecule has 0 amide bonds. The molecule has 2 aromatic carbocycles. The molecule has 0 bridgehead atoms. The zero-order valence-electron chi connectivity index (χ0n) is 12.5. The van der Waals surface area contributed by atoms with E-state index in [1.807, 2.05) is 24.3 Å². The molecule has 0 spiro atoms. The van der Waals surface area contributed by atoms with Gasteiger partial charge in [0, 0.05) is 11.1 Å². The third-order valence-electron chi connectivity index (χ3n) is 3.23. The van der Waals surface area contributed by atoms with Crippen molar-refractivity contribution < 1.29 is 9.66 Å². The smallest absolute Gasteiger partial charge is 0.273 e. The zero-order chi connectivity index (χ0) is 16.9. The molecule has 1 heterocycles. The minimum atomic E-state index is -0.464. The minimum absolute atomic E-state index is 0.0166. The number of aromatic nitrogens is 3. The zero-order valence-corrected chi connectivity index (χ0v) is 13.3. The highest BCUT2D eigenvalue weighted by molar-refractivity contribution is 6.30. The molecule has 0 saturated heterocycles. The van der Waals surface area contributed by atoms with Crippen molar-refractivity contribution >= 4 is 17.3 Å². The van der Waals surface area contributed by atoms with Gasteiger partial charge in [-0.05, 0) is 23.8 Å². The summed E-state index contributed by atoms with van der Waals surface area (Å²) in [5.41, 5.74) is 1.62. The Kier molecular flexibility index (Phi) is 4.72. The van der Waals surface area contributed by atoms with Gasteiger partial charge in [-0.3, -0.25) is 10.1 Å². The van der Waals surface area contributed by atoms with Gasteiger partial charge in [0.1, 0.15) is 18.1 Å². The van der Waals surface area contributed by atoms with Crippen LogP contribution in [0.25, 0.3) is 0 Å². The van der Waals surface area contributed by atoms with E-state index in [0.29, 0.717) is 23.0 Å². The van der Waals surface area contributed by atoms with E-state index in [0.717, 1.165) is 5.56 Å². The molecule has 0 aliphatic rings. The van der Waals surface area contributed by atoms with E-state index in [9.17, 15) is 10.1 Å². The third kappa shape index (κ3) is 4.08. The Bertz CT molecular complexity index is 866. The van der Waals surface area contributed by atoms with Crippen molar-refractivity contribution in [2.24, 2.45) is 0 Å². The molecular weight excluding hydrogens is 332 g/mol. The molecule has 0 aliphatic carbocycles. The number of halogens is 1. The molecule has 8 heteroatoms. The van der Waals surface area contributed by atoms with Crippen molar-refractivity contribution in [1.82, 2.24) is 15.0 Å². The van der Waals surface area contributed by atoms with Crippen LogP contribution in [0, 0.1) is 10.1 Å². The predicted molar refractivity (Wildman–Crippen MR) is 88.0 cm³/mol. The van der Waals surface area contributed by atoms with Crippen molar-refractivity contribution in [3.8, 4) is 5.75 Å². The molecule has 0 fully saturated rings. The number of nitro benzene ring substituents is 1. The van der Waals surface area contributed by atoms with Crippen LogP contribution in [-0.4, -0.2) is 19.9 Å². The Labute approximate surface area is 142 Å². The Morgan fingerprint density at radius 1 is 1.21 bits per heavy atom. The van der Waals surface area contributed by atoms with Gasteiger partial charge in [-0.1, -0.05) is 35.0 Å². The van der Waals surface area contributed by atoms with Crippen molar-refractivity contribution in [3.63, 3.8) is 0 Å². The lowest BCUT2D eigenvalue weighted by Gasteiger charge is -2.03. The van der Waals surface area contributed by atoms with Crippen LogP contribution < -0.4 is 4.74 Å². The van der Waals surface area contributed by atoms with E-state index in [-0.39, 0.29) is 12.3 Å². The second kappa shape index (κ2) is 7.10. The largest absolute Gasteiger partial charge is 0.487 e. The molecule has 0 saturated carbocycles. The Hall–Kier alpha value is -2.93. The van der Waals surface area contributed by atoms with Gasteiger partial charge in [0.2, 0.25) is 0 Å². The van der Waals surface area contributed by atoms with Crippen LogP contribution in [0.15, 0.2) is 54.7 Å². The van der Waals surface area contributed by atoms with Crippen LogP contribution in [0.3, 0.4) is 0 Å². The molecule has 122 valence electrons. The highest BCUT2D eigenvalue weighted by atomic mass is 35.5. The van der Waals surface area contributed by atoms with Crippen LogP contribution in [0.5, 0.6) is 5.75 Å². The lowest BCUT2D eigenvalue weighted by atomic mass is 10.2. The van der Waals surface area contributed by atoms with Crippen LogP contribution in [0.2, 0.25) is 5.02 Å². The number of nitro groups is 1. The van der Waals surface area contributed by atoms with Gasteiger partial charge in [0.25, 0.3) is 5.69 Å². The fraction of sp³-hybridized carbons (Fsp3) is 0.125. The molecule has 3 aromatic rings. The van der Waals surface area contributed by atoms with Crippen LogP contribution in [0.4, 0.5) is 5.69 Å². The number of hydrogen-bond acceptors (Lipinski definition) is 5. The summed E-state index contributed by atoms with van der Waals surface area (Å²) in [6.07, 6.45) is 1.76. The number of benzene rings is 2. The highest BCUT2D eigenvalue weighted by Gasteiger charge is 2.08. The summed E-state index contributed by atoms with van der Waals surface area (Å²) in [5.74, 6) is 0.411. The number of ether oxygens (including phenoxy) is 1. The average Bonchev–Trinajstić information content (AvgIpc) is 3.01. The van der Waals surface area contributed by atoms with E-state index in [1.54, 1.807) is 23.0 Å². The topological polar surface area (TPSA) is 83.1 Å². The quantitative estimate of drug-likeness (QED) is 0.505. The third-order valence-corrected chi connectivity index (χ3v) is 3.47. The lowest BCUT2D eigenvalue weighted by molar-refractivity contribution is -0.384. The summed E-state index contributed by atoms with van der Waals surface area (Å²) in [6, 6.07) is 13.5. The van der Waals surface area contributed by atoms with E-state index < -0.39 is 4.92 Å². The standard InChI is InChI=1S/C16H13ClN4O3/c17-13-4-1-3-12(7-13)9-20-10-14(18-19-20)11-24-16-6-2-5-15(8-16)21(22)23/h1-8,10H,9,11H2. The number of non-ortho nitro benzene ring substituents is 1. The van der Waals surface area contributed by atoms with Gasteiger partial charge in [-0.25, -0.2) is 4.68 Å². The first kappa shape index (κ1) is 15.9. The molecule has 3 rings (SSSR count). The summed E-state index contributed by atoms with van der Waals surface area (Å²) in [4.78, 5) is 10.3. The Morgan fingerprint density at radius 3 is 2.83 bits per heavy atom. The normalized spacial score (nSPS) is 10.5. The van der Waals surface area contributed by atoms with Gasteiger partial charge in [-0.15, -0.1) is 5.10 Å². The van der Waals surface area contributed by atoms with Crippen LogP contribution in [-0.2, 0) is 13.2 Å². The fourth-order valence-corrected chi connectivity index (χ4v) is 2.36. The lowest BCUT2D eigenvalue weighted by Crippen LogP contribution is -2.00. The molecule has 1 aromatic heterocycles. The maximum atomic E-state index is 10.7. The Balaban J connectivity index is 1.62. The van der Waals surface area contributed by atoms with Crippen molar-refractivity contribution in [2.75, 3.05) is 0 Å². The molecular formula is C16H13ClN4O3. The van der Waals surface area contributed by atoms with Gasteiger partial charge < -0.3 is 4.74 Å². The average molecular weight is 345 g/mol. The van der Waals surface area contributed by atoms with E-state index in [4.69, 9.17) is 16.3 Å². The highest BCUT2D eigenvalue weighted by Crippen LogP contribution is 2.20. The predicted octanol–water partition coefficient (Wildman–Crippen LogP) is 3.47. The number of rotatable bonds is 6. The first-order valence-corrected chi connectivity index (χ1v) is 7.49. The first-order valence-electron chi connectivity index (χ1n) is 7.11. The van der Waals surface area contributed by atoms with Crippen LogP contribution in [0.1, 0.15) is 11.3 Å². The van der Waals surface area contributed by atoms with Gasteiger partial charge in [0.15, 0.2) is 0 Å². The van der Waals surface area contributed by atoms with Gasteiger partial charge in [-0.2, -0.15) is 0 Å². The maximum absolute atomic E-state index is 10.7. The molecule has 0 unspecified atom stereocenters. The van der Waals surface area contributed by atoms with Crippen molar-refractivity contribution in [3.05, 3.63) is 81.1 Å². The van der Waals surface area contributed by atoms with Gasteiger partial charge >= 0.3 is 0 Å². The molecule has 0 atom stereocenters. The summed E-state index contributed by atoms with van der Waals surface area (Å²) >= 11 is 5.96. The monoisotopic (exact) mass is 344 g/mol. The molecule has 0 radical (unpaired) electrons. The van der Waals surface area contributed by atoms with E-state index >= 15 is 0 Å². The second-order valence-corrected chi connectivity index (χ2v) is 5.52. The minimum Gasteiger partial charge on any atom is -0.487 e. The van der Waals surface area contributed by atoms with Crippen molar-refractivity contribution in [1.29, 1.82) is 0 Å². The van der Waals surface area contributed by atoms with Gasteiger partial charge in [0.05, 0.1) is 23.7 Å². The van der Waals surface area contributed by atoms with E-state index in [1.165, 1.54) is 12.1 Å². The fourth-order valence-electron chi connectivity index (χ4n) is 2.15. The summed E-state index contributed by atoms with van der Waals surface area (Å²) in [5, 5.41) is 19.5. The SMILES string of the molecule is O=[N+]([O-])c1cccc(OCc2cn(Cc3cccc(Cl)c3)nn2)c1. The van der Waals surface area contributed by atoms with Crippen molar-refractivity contribution in [2.45, 2.75) is 13.2 Å². The maximum Gasteiger partial charge on any atom is 0.273 e. The first-order chi connectivity index (χ1) is 11.6.